The number of aromatic nitrogens is 3. The molecule has 0 atom stereocenters. The number of hydrogen-bond acceptors (Lipinski definition) is 2. The molecule has 0 bridgehead atoms. The summed E-state index contributed by atoms with van der Waals surface area (Å²) in [6, 6.07) is 1.15. The normalized spacial score (nSPS) is 16.5. The van der Waals surface area contributed by atoms with Crippen molar-refractivity contribution in [1.29, 1.82) is 0 Å². The van der Waals surface area contributed by atoms with E-state index in [9.17, 15) is 13.2 Å². The minimum absolute atomic E-state index is 0.0764. The first-order chi connectivity index (χ1) is 8.39. The van der Waals surface area contributed by atoms with Gasteiger partial charge in [-0.05, 0) is 38.3 Å². The van der Waals surface area contributed by atoms with Crippen molar-refractivity contribution in [2.75, 3.05) is 0 Å². The molecule has 3 rings (SSSR count). The molecule has 0 radical (unpaired) electrons. The van der Waals surface area contributed by atoms with Crippen LogP contribution in [0.25, 0.3) is 5.65 Å². The molecule has 0 N–H and O–H groups in total. The fourth-order valence-electron chi connectivity index (χ4n) is 2.18. The van der Waals surface area contributed by atoms with Gasteiger partial charge in [0.1, 0.15) is 11.4 Å². The average Bonchev–Trinajstić information content (AvgIpc) is 3.02. The van der Waals surface area contributed by atoms with Crippen LogP contribution in [0, 0.1) is 13.8 Å². The summed E-state index contributed by atoms with van der Waals surface area (Å²) in [5.74, 6) is 0.929. The smallest absolute Gasteiger partial charge is 0.283 e. The molecule has 1 aliphatic carbocycles. The predicted molar refractivity (Wildman–Crippen MR) is 59.4 cm³/mol. The van der Waals surface area contributed by atoms with Gasteiger partial charge in [-0.2, -0.15) is 13.2 Å². The van der Waals surface area contributed by atoms with Gasteiger partial charge in [-0.3, -0.25) is 4.40 Å². The van der Waals surface area contributed by atoms with Gasteiger partial charge in [-0.15, -0.1) is 10.2 Å². The van der Waals surface area contributed by atoms with Gasteiger partial charge in [0.15, 0.2) is 5.65 Å². The van der Waals surface area contributed by atoms with Crippen molar-refractivity contribution >= 4 is 5.65 Å². The van der Waals surface area contributed by atoms with Crippen LogP contribution in [0.1, 0.15) is 41.4 Å². The van der Waals surface area contributed by atoms with Crippen LogP contribution in [-0.2, 0) is 6.18 Å². The zero-order valence-electron chi connectivity index (χ0n) is 10.0. The quantitative estimate of drug-likeness (QED) is 0.783. The molecule has 1 saturated carbocycles. The van der Waals surface area contributed by atoms with Crippen LogP contribution in [0.5, 0.6) is 0 Å². The van der Waals surface area contributed by atoms with E-state index in [-0.39, 0.29) is 11.6 Å². The summed E-state index contributed by atoms with van der Waals surface area (Å²) in [5, 5.41) is 7.69. The van der Waals surface area contributed by atoms with Crippen molar-refractivity contribution in [2.24, 2.45) is 0 Å². The molecule has 2 aromatic rings. The molecule has 3 nitrogen and oxygen atoms in total. The van der Waals surface area contributed by atoms with E-state index in [1.165, 1.54) is 0 Å². The van der Waals surface area contributed by atoms with E-state index in [0.29, 0.717) is 11.4 Å². The first-order valence-electron chi connectivity index (χ1n) is 5.82. The SMILES string of the molecule is Cc1cc(C(F)(F)F)c2nnc(C3CC3)n2c1C. The van der Waals surface area contributed by atoms with Crippen molar-refractivity contribution in [2.45, 2.75) is 38.8 Å². The minimum atomic E-state index is -4.40. The van der Waals surface area contributed by atoms with E-state index in [2.05, 4.69) is 10.2 Å². The third kappa shape index (κ3) is 1.59. The second kappa shape index (κ2) is 3.46. The second-order valence-electron chi connectivity index (χ2n) is 4.82. The number of pyridine rings is 1. The number of alkyl halides is 3. The molecule has 0 aromatic carbocycles. The molecule has 6 heteroatoms. The standard InChI is InChI=1S/C12H12F3N3/c1-6-5-9(12(13,14)15)11-17-16-10(8-3-4-8)18(11)7(6)2/h5,8H,3-4H2,1-2H3. The van der Waals surface area contributed by atoms with Crippen molar-refractivity contribution < 1.29 is 13.2 Å². The predicted octanol–water partition coefficient (Wildman–Crippen LogP) is 3.24. The van der Waals surface area contributed by atoms with Gasteiger partial charge < -0.3 is 0 Å². The Morgan fingerprint density at radius 3 is 2.44 bits per heavy atom. The van der Waals surface area contributed by atoms with Gasteiger partial charge in [0.05, 0.1) is 0 Å². The molecule has 1 fully saturated rings. The number of hydrogen-bond donors (Lipinski definition) is 0. The number of aryl methyl sites for hydroxylation is 2. The summed E-state index contributed by atoms with van der Waals surface area (Å²) in [6.45, 7) is 3.48. The Labute approximate surface area is 102 Å². The van der Waals surface area contributed by atoms with Gasteiger partial charge in [0.25, 0.3) is 0 Å². The number of rotatable bonds is 1. The molecular formula is C12H12F3N3. The van der Waals surface area contributed by atoms with Crippen LogP contribution in [0.2, 0.25) is 0 Å². The van der Waals surface area contributed by atoms with E-state index in [1.807, 2.05) is 0 Å². The molecule has 0 saturated heterocycles. The van der Waals surface area contributed by atoms with Gasteiger partial charge in [-0.1, -0.05) is 0 Å². The van der Waals surface area contributed by atoms with Crippen molar-refractivity contribution in [3.05, 3.63) is 28.7 Å². The highest BCUT2D eigenvalue weighted by molar-refractivity contribution is 5.53. The zero-order chi connectivity index (χ0) is 13.1. The number of halogens is 3. The Bertz CT molecular complexity index is 624. The summed E-state index contributed by atoms with van der Waals surface area (Å²) in [5.41, 5.74) is 0.610. The maximum atomic E-state index is 13.0. The Balaban J connectivity index is 2.36. The molecular weight excluding hydrogens is 243 g/mol. The van der Waals surface area contributed by atoms with Crippen LogP contribution >= 0.6 is 0 Å². The lowest BCUT2D eigenvalue weighted by Crippen LogP contribution is -2.11. The largest absolute Gasteiger partial charge is 0.420 e. The Hall–Kier alpha value is -1.59. The molecule has 1 aliphatic rings. The minimum Gasteiger partial charge on any atom is -0.283 e. The van der Waals surface area contributed by atoms with E-state index in [4.69, 9.17) is 0 Å². The van der Waals surface area contributed by atoms with Crippen molar-refractivity contribution in [3.8, 4) is 0 Å². The lowest BCUT2D eigenvalue weighted by atomic mass is 10.1. The second-order valence-corrected chi connectivity index (χ2v) is 4.82. The topological polar surface area (TPSA) is 30.2 Å². The first-order valence-corrected chi connectivity index (χ1v) is 5.82. The number of fused-ring (bicyclic) bond motifs is 1. The van der Waals surface area contributed by atoms with Gasteiger partial charge in [0.2, 0.25) is 0 Å². The highest BCUT2D eigenvalue weighted by Gasteiger charge is 2.37. The number of nitrogens with zero attached hydrogens (tertiary/aromatic N) is 3. The summed E-state index contributed by atoms with van der Waals surface area (Å²) in [6.07, 6.45) is -2.43. The van der Waals surface area contributed by atoms with Crippen LogP contribution < -0.4 is 0 Å². The van der Waals surface area contributed by atoms with Crippen LogP contribution in [0.3, 0.4) is 0 Å². The molecule has 96 valence electrons. The van der Waals surface area contributed by atoms with Crippen LogP contribution in [0.4, 0.5) is 13.2 Å². The summed E-state index contributed by atoms with van der Waals surface area (Å²) in [4.78, 5) is 0. The van der Waals surface area contributed by atoms with Gasteiger partial charge in [0, 0.05) is 11.6 Å². The van der Waals surface area contributed by atoms with E-state index < -0.39 is 11.7 Å². The Kier molecular flexibility index (Phi) is 2.21. The van der Waals surface area contributed by atoms with Crippen LogP contribution in [0.15, 0.2) is 6.07 Å². The van der Waals surface area contributed by atoms with Crippen LogP contribution in [-0.4, -0.2) is 14.6 Å². The summed E-state index contributed by atoms with van der Waals surface area (Å²) in [7, 11) is 0. The highest BCUT2D eigenvalue weighted by atomic mass is 19.4. The van der Waals surface area contributed by atoms with Crippen molar-refractivity contribution in [1.82, 2.24) is 14.6 Å². The zero-order valence-corrected chi connectivity index (χ0v) is 10.0. The third-order valence-electron chi connectivity index (χ3n) is 3.44. The average molecular weight is 255 g/mol. The molecule has 2 heterocycles. The maximum Gasteiger partial charge on any atom is 0.420 e. The molecule has 0 unspecified atom stereocenters. The molecule has 0 spiro atoms. The van der Waals surface area contributed by atoms with E-state index >= 15 is 0 Å². The van der Waals surface area contributed by atoms with Crippen molar-refractivity contribution in [3.63, 3.8) is 0 Å². The lowest BCUT2D eigenvalue weighted by Gasteiger charge is -2.12. The van der Waals surface area contributed by atoms with Gasteiger partial charge in [-0.25, -0.2) is 0 Å². The van der Waals surface area contributed by atoms with E-state index in [0.717, 1.165) is 24.6 Å². The Morgan fingerprint density at radius 2 is 1.89 bits per heavy atom. The third-order valence-corrected chi connectivity index (χ3v) is 3.44. The maximum absolute atomic E-state index is 13.0. The molecule has 2 aromatic heterocycles. The fraction of sp³-hybridized carbons (Fsp3) is 0.500. The molecule has 0 amide bonds. The van der Waals surface area contributed by atoms with E-state index in [1.54, 1.807) is 18.2 Å². The highest BCUT2D eigenvalue weighted by Crippen LogP contribution is 2.41. The molecule has 0 aliphatic heterocycles. The first kappa shape index (κ1) is 11.5. The summed E-state index contributed by atoms with van der Waals surface area (Å²) >= 11 is 0. The monoisotopic (exact) mass is 255 g/mol. The molecule has 18 heavy (non-hydrogen) atoms. The fourth-order valence-corrected chi connectivity index (χ4v) is 2.18. The Morgan fingerprint density at radius 1 is 1.22 bits per heavy atom. The lowest BCUT2D eigenvalue weighted by molar-refractivity contribution is -0.136. The van der Waals surface area contributed by atoms with Gasteiger partial charge >= 0.3 is 6.18 Å². The summed E-state index contributed by atoms with van der Waals surface area (Å²) < 4.78 is 40.5.